The number of nitrogens with one attached hydrogen (secondary N) is 1. The molecule has 0 unspecified atom stereocenters. The second kappa shape index (κ2) is 8.41. The Morgan fingerprint density at radius 2 is 1.87 bits per heavy atom. The van der Waals surface area contributed by atoms with Gasteiger partial charge in [-0.1, -0.05) is 29.4 Å². The number of nitrogens with zero attached hydrogens (tertiary/aromatic N) is 2. The second-order valence-electron chi connectivity index (χ2n) is 7.28. The standard InChI is InChI=1S/C20H23N3O6S/c1-20(19(24)22-25,30(3,26)27)11-16-10-17(23-29-16)14-6-4-13(5-7-14)15-8-9-18(28-2)21-12-15/h4-9,12,16,25H,10-11H2,1-3H3,(H,22,24)/t16-,20-/m1/s1. The second-order valence-corrected chi connectivity index (χ2v) is 9.73. The Hall–Kier alpha value is -2.98. The van der Waals surface area contributed by atoms with E-state index in [9.17, 15) is 13.2 Å². The molecule has 0 aliphatic carbocycles. The summed E-state index contributed by atoms with van der Waals surface area (Å²) in [6, 6.07) is 11.3. The van der Waals surface area contributed by atoms with E-state index in [4.69, 9.17) is 14.8 Å². The quantitative estimate of drug-likeness (QED) is 0.505. The first-order valence-corrected chi connectivity index (χ1v) is 11.0. The van der Waals surface area contributed by atoms with Crippen LogP contribution in [0.15, 0.2) is 47.8 Å². The fourth-order valence-electron chi connectivity index (χ4n) is 3.20. The number of methoxy groups -OCH3 is 1. The van der Waals surface area contributed by atoms with E-state index in [2.05, 4.69) is 10.1 Å². The first kappa shape index (κ1) is 21.7. The van der Waals surface area contributed by atoms with Gasteiger partial charge < -0.3 is 9.57 Å². The van der Waals surface area contributed by atoms with Crippen LogP contribution in [-0.2, 0) is 19.5 Å². The summed E-state index contributed by atoms with van der Waals surface area (Å²) < 4.78 is 27.5. The van der Waals surface area contributed by atoms with Gasteiger partial charge >= 0.3 is 0 Å². The monoisotopic (exact) mass is 433 g/mol. The molecule has 0 saturated heterocycles. The van der Waals surface area contributed by atoms with E-state index < -0.39 is 26.6 Å². The van der Waals surface area contributed by atoms with Crippen LogP contribution in [0, 0.1) is 0 Å². The van der Waals surface area contributed by atoms with Crippen LogP contribution in [0.3, 0.4) is 0 Å². The molecular formula is C20H23N3O6S. The van der Waals surface area contributed by atoms with E-state index in [0.717, 1.165) is 22.9 Å². The molecule has 0 saturated carbocycles. The molecule has 9 nitrogen and oxygen atoms in total. The van der Waals surface area contributed by atoms with Crippen molar-refractivity contribution < 1.29 is 28.0 Å². The summed E-state index contributed by atoms with van der Waals surface area (Å²) in [4.78, 5) is 21.6. The van der Waals surface area contributed by atoms with Crippen molar-refractivity contribution in [3.05, 3.63) is 48.2 Å². The molecule has 1 aromatic carbocycles. The van der Waals surface area contributed by atoms with E-state index in [1.165, 1.54) is 12.4 Å². The summed E-state index contributed by atoms with van der Waals surface area (Å²) in [6.07, 6.45) is 2.26. The van der Waals surface area contributed by atoms with Crippen LogP contribution < -0.4 is 10.2 Å². The number of benzene rings is 1. The van der Waals surface area contributed by atoms with Crippen molar-refractivity contribution in [3.8, 4) is 17.0 Å². The molecule has 3 rings (SSSR count). The number of sulfone groups is 1. The summed E-state index contributed by atoms with van der Waals surface area (Å²) in [7, 11) is -2.25. The highest BCUT2D eigenvalue weighted by Crippen LogP contribution is 2.30. The van der Waals surface area contributed by atoms with Crippen molar-refractivity contribution in [2.24, 2.45) is 5.16 Å². The molecule has 0 fully saturated rings. The molecule has 2 atom stereocenters. The van der Waals surface area contributed by atoms with Gasteiger partial charge in [0.1, 0.15) is 6.10 Å². The highest BCUT2D eigenvalue weighted by Gasteiger charge is 2.47. The average molecular weight is 433 g/mol. The molecule has 0 radical (unpaired) electrons. The Labute approximate surface area is 174 Å². The number of ether oxygens (including phenoxy) is 1. The Morgan fingerprint density at radius 3 is 2.40 bits per heavy atom. The highest BCUT2D eigenvalue weighted by atomic mass is 32.2. The lowest BCUT2D eigenvalue weighted by Gasteiger charge is -2.26. The molecule has 10 heteroatoms. The van der Waals surface area contributed by atoms with Gasteiger partial charge in [0.05, 0.1) is 12.8 Å². The molecule has 30 heavy (non-hydrogen) atoms. The Morgan fingerprint density at radius 1 is 1.23 bits per heavy atom. The SMILES string of the molecule is COc1ccc(-c2ccc(C3=NO[C@@H](C[C@](C)(C(=O)NO)S(C)(=O)=O)C3)cc2)cn1. The predicted molar refractivity (Wildman–Crippen MR) is 110 cm³/mol. The molecule has 160 valence electrons. The summed E-state index contributed by atoms with van der Waals surface area (Å²) in [6.45, 7) is 1.26. The number of rotatable bonds is 7. The van der Waals surface area contributed by atoms with Crippen molar-refractivity contribution in [2.45, 2.75) is 30.6 Å². The minimum absolute atomic E-state index is 0.138. The van der Waals surface area contributed by atoms with Gasteiger partial charge in [0, 0.05) is 36.9 Å². The highest BCUT2D eigenvalue weighted by molar-refractivity contribution is 7.92. The first-order valence-electron chi connectivity index (χ1n) is 9.15. The van der Waals surface area contributed by atoms with Gasteiger partial charge in [-0.15, -0.1) is 0 Å². The molecule has 1 aliphatic heterocycles. The minimum atomic E-state index is -3.80. The van der Waals surface area contributed by atoms with Gasteiger partial charge in [0.2, 0.25) is 5.88 Å². The number of hydrogen-bond donors (Lipinski definition) is 2. The zero-order valence-electron chi connectivity index (χ0n) is 16.8. The van der Waals surface area contributed by atoms with Crippen LogP contribution in [0.4, 0.5) is 0 Å². The molecule has 2 aromatic rings. The Bertz CT molecular complexity index is 1050. The third-order valence-electron chi connectivity index (χ3n) is 5.25. The molecule has 2 N–H and O–H groups in total. The summed E-state index contributed by atoms with van der Waals surface area (Å²) >= 11 is 0. The maximum atomic E-state index is 12.1. The maximum absolute atomic E-state index is 12.1. The predicted octanol–water partition coefficient (Wildman–Crippen LogP) is 1.95. The van der Waals surface area contributed by atoms with E-state index in [0.29, 0.717) is 18.0 Å². The molecule has 1 amide bonds. The Kier molecular flexibility index (Phi) is 6.09. The number of amides is 1. The van der Waals surface area contributed by atoms with E-state index in [1.54, 1.807) is 19.4 Å². The van der Waals surface area contributed by atoms with Crippen molar-refractivity contribution in [1.29, 1.82) is 0 Å². The normalized spacial score (nSPS) is 18.1. The minimum Gasteiger partial charge on any atom is -0.481 e. The fourth-order valence-corrected chi connectivity index (χ4v) is 4.07. The van der Waals surface area contributed by atoms with Gasteiger partial charge in [-0.3, -0.25) is 10.0 Å². The zero-order valence-corrected chi connectivity index (χ0v) is 17.6. The third-order valence-corrected chi connectivity index (χ3v) is 7.24. The molecule has 1 aliphatic rings. The number of hydroxylamine groups is 1. The van der Waals surface area contributed by atoms with Crippen molar-refractivity contribution >= 4 is 21.5 Å². The van der Waals surface area contributed by atoms with Gasteiger partial charge in [-0.2, -0.15) is 0 Å². The smallest absolute Gasteiger partial charge is 0.264 e. The lowest BCUT2D eigenvalue weighted by atomic mass is 9.96. The number of aromatic nitrogens is 1. The average Bonchev–Trinajstić information content (AvgIpc) is 3.20. The number of hydrogen-bond acceptors (Lipinski definition) is 8. The largest absolute Gasteiger partial charge is 0.481 e. The molecule has 0 bridgehead atoms. The van der Waals surface area contributed by atoms with Crippen LogP contribution >= 0.6 is 0 Å². The number of carbonyl (C=O) groups excluding carboxylic acids is 1. The first-order chi connectivity index (χ1) is 14.2. The van der Waals surface area contributed by atoms with E-state index >= 15 is 0 Å². The van der Waals surface area contributed by atoms with Crippen LogP contribution in [0.5, 0.6) is 5.88 Å². The van der Waals surface area contributed by atoms with Gasteiger partial charge in [-0.05, 0) is 24.1 Å². The lowest BCUT2D eigenvalue weighted by molar-refractivity contribution is -0.132. The Balaban J connectivity index is 1.71. The van der Waals surface area contributed by atoms with Gasteiger partial charge in [-0.25, -0.2) is 18.9 Å². The number of carbonyl (C=O) groups is 1. The summed E-state index contributed by atoms with van der Waals surface area (Å²) in [5.41, 5.74) is 4.82. The fraction of sp³-hybridized carbons (Fsp3) is 0.350. The van der Waals surface area contributed by atoms with E-state index in [-0.39, 0.29) is 6.42 Å². The zero-order chi connectivity index (χ0) is 21.9. The van der Waals surface area contributed by atoms with Crippen molar-refractivity contribution in [2.75, 3.05) is 13.4 Å². The molecular weight excluding hydrogens is 410 g/mol. The van der Waals surface area contributed by atoms with Gasteiger partial charge in [0.25, 0.3) is 5.91 Å². The molecule has 1 aromatic heterocycles. The summed E-state index contributed by atoms with van der Waals surface area (Å²) in [5, 5.41) is 13.0. The van der Waals surface area contributed by atoms with Crippen LogP contribution in [0.1, 0.15) is 25.3 Å². The van der Waals surface area contributed by atoms with Crippen LogP contribution in [0.2, 0.25) is 0 Å². The van der Waals surface area contributed by atoms with Crippen molar-refractivity contribution in [1.82, 2.24) is 10.5 Å². The van der Waals surface area contributed by atoms with E-state index in [1.807, 2.05) is 30.3 Å². The van der Waals surface area contributed by atoms with Crippen LogP contribution in [-0.4, -0.2) is 54.4 Å². The number of oxime groups is 1. The van der Waals surface area contributed by atoms with Crippen molar-refractivity contribution in [3.63, 3.8) is 0 Å². The lowest BCUT2D eigenvalue weighted by Crippen LogP contribution is -2.51. The maximum Gasteiger partial charge on any atom is 0.264 e. The number of pyridine rings is 1. The topological polar surface area (TPSA) is 127 Å². The summed E-state index contributed by atoms with van der Waals surface area (Å²) in [5.74, 6) is -0.464. The van der Waals surface area contributed by atoms with Gasteiger partial charge in [0.15, 0.2) is 14.6 Å². The molecule has 2 heterocycles. The third kappa shape index (κ3) is 4.29. The molecule has 0 spiro atoms. The van der Waals surface area contributed by atoms with Crippen LogP contribution in [0.25, 0.3) is 11.1 Å².